The van der Waals surface area contributed by atoms with Crippen LogP contribution >= 0.6 is 11.3 Å². The summed E-state index contributed by atoms with van der Waals surface area (Å²) in [5.74, 6) is 0. The zero-order chi connectivity index (χ0) is 17.0. The molecule has 5 rings (SSSR count). The number of benzene rings is 3. The molecule has 3 aromatic carbocycles. The lowest BCUT2D eigenvalue weighted by Crippen LogP contribution is -1.89. The van der Waals surface area contributed by atoms with E-state index in [1.165, 1.54) is 37.4 Å². The predicted octanol–water partition coefficient (Wildman–Crippen LogP) is 6.28. The van der Waals surface area contributed by atoms with E-state index in [-0.39, 0.29) is 0 Å². The van der Waals surface area contributed by atoms with Gasteiger partial charge in [-0.2, -0.15) is 0 Å². The SMILES string of the molecule is Cc1cc(C)cc(-c2ncnc3sc4ccc5ccccc5c4c23)c1. The molecule has 0 fully saturated rings. The second-order valence-electron chi connectivity index (χ2n) is 6.54. The Morgan fingerprint density at radius 2 is 1.60 bits per heavy atom. The van der Waals surface area contributed by atoms with E-state index in [9.17, 15) is 0 Å². The maximum absolute atomic E-state index is 4.68. The first kappa shape index (κ1) is 14.6. The predicted molar refractivity (Wildman–Crippen MR) is 107 cm³/mol. The largest absolute Gasteiger partial charge is 0.236 e. The van der Waals surface area contributed by atoms with Gasteiger partial charge >= 0.3 is 0 Å². The number of nitrogens with zero attached hydrogens (tertiary/aromatic N) is 2. The monoisotopic (exact) mass is 340 g/mol. The van der Waals surface area contributed by atoms with Crippen LogP contribution in [0.2, 0.25) is 0 Å². The lowest BCUT2D eigenvalue weighted by Gasteiger charge is -2.07. The van der Waals surface area contributed by atoms with Gasteiger partial charge in [0.25, 0.3) is 0 Å². The van der Waals surface area contributed by atoms with Gasteiger partial charge in [-0.3, -0.25) is 0 Å². The maximum atomic E-state index is 4.68. The van der Waals surface area contributed by atoms with E-state index in [0.717, 1.165) is 16.1 Å². The molecule has 25 heavy (non-hydrogen) atoms. The topological polar surface area (TPSA) is 25.8 Å². The highest BCUT2D eigenvalue weighted by molar-refractivity contribution is 7.25. The van der Waals surface area contributed by atoms with Crippen molar-refractivity contribution in [3.05, 3.63) is 72.1 Å². The van der Waals surface area contributed by atoms with Crippen LogP contribution in [0.25, 0.3) is 42.3 Å². The molecule has 2 aromatic heterocycles. The summed E-state index contributed by atoms with van der Waals surface area (Å²) in [6, 6.07) is 19.6. The molecule has 0 spiro atoms. The van der Waals surface area contributed by atoms with Gasteiger partial charge in [0.15, 0.2) is 0 Å². The normalized spacial score (nSPS) is 11.6. The number of hydrogen-bond acceptors (Lipinski definition) is 3. The fourth-order valence-corrected chi connectivity index (χ4v) is 4.76. The van der Waals surface area contributed by atoms with Crippen molar-refractivity contribution >= 4 is 42.4 Å². The van der Waals surface area contributed by atoms with Crippen LogP contribution in [-0.4, -0.2) is 9.97 Å². The van der Waals surface area contributed by atoms with Gasteiger partial charge in [-0.1, -0.05) is 47.5 Å². The Balaban J connectivity index is 1.99. The smallest absolute Gasteiger partial charge is 0.128 e. The van der Waals surface area contributed by atoms with Gasteiger partial charge in [0, 0.05) is 21.0 Å². The van der Waals surface area contributed by atoms with Gasteiger partial charge in [-0.25, -0.2) is 9.97 Å². The van der Waals surface area contributed by atoms with E-state index in [2.05, 4.69) is 78.4 Å². The van der Waals surface area contributed by atoms with Crippen molar-refractivity contribution in [2.24, 2.45) is 0 Å². The molecule has 0 N–H and O–H groups in total. The Morgan fingerprint density at radius 3 is 2.44 bits per heavy atom. The number of fused-ring (bicyclic) bond motifs is 5. The van der Waals surface area contributed by atoms with E-state index in [1.807, 2.05) is 0 Å². The standard InChI is InChI=1S/C22H16N2S/c1-13-9-14(2)11-16(10-13)21-20-19-17-6-4-3-5-15(17)7-8-18(19)25-22(20)24-12-23-21/h3-12H,1-2H3. The molecule has 2 nitrogen and oxygen atoms in total. The van der Waals surface area contributed by atoms with E-state index in [1.54, 1.807) is 17.7 Å². The minimum Gasteiger partial charge on any atom is -0.236 e. The Bertz CT molecular complexity index is 1250. The molecule has 0 atom stereocenters. The highest BCUT2D eigenvalue weighted by Gasteiger charge is 2.15. The first-order chi connectivity index (χ1) is 12.2. The molecule has 0 aliphatic heterocycles. The third-order valence-corrected chi connectivity index (χ3v) is 5.72. The Labute approximate surface area is 149 Å². The molecule has 0 saturated heterocycles. The van der Waals surface area contributed by atoms with Crippen molar-refractivity contribution in [1.82, 2.24) is 9.97 Å². The fraction of sp³-hybridized carbons (Fsp3) is 0.0909. The molecular weight excluding hydrogens is 324 g/mol. The molecular formula is C22H16N2S. The lowest BCUT2D eigenvalue weighted by molar-refractivity contribution is 1.23. The molecule has 0 amide bonds. The van der Waals surface area contributed by atoms with Crippen molar-refractivity contribution in [3.8, 4) is 11.3 Å². The highest BCUT2D eigenvalue weighted by atomic mass is 32.1. The van der Waals surface area contributed by atoms with E-state index in [0.29, 0.717) is 0 Å². The minimum atomic E-state index is 1.03. The summed E-state index contributed by atoms with van der Waals surface area (Å²) in [5, 5.41) is 4.97. The number of thiophene rings is 1. The zero-order valence-electron chi connectivity index (χ0n) is 14.1. The van der Waals surface area contributed by atoms with Crippen LogP contribution in [0.5, 0.6) is 0 Å². The third-order valence-electron chi connectivity index (χ3n) is 4.66. The number of aromatic nitrogens is 2. The van der Waals surface area contributed by atoms with Crippen molar-refractivity contribution in [2.75, 3.05) is 0 Å². The minimum absolute atomic E-state index is 1.03. The van der Waals surface area contributed by atoms with Crippen molar-refractivity contribution in [3.63, 3.8) is 0 Å². The van der Waals surface area contributed by atoms with Gasteiger partial charge in [-0.15, -0.1) is 11.3 Å². The van der Waals surface area contributed by atoms with Gasteiger partial charge < -0.3 is 0 Å². The van der Waals surface area contributed by atoms with Gasteiger partial charge in [-0.05, 0) is 42.8 Å². The summed E-state index contributed by atoms with van der Waals surface area (Å²) >= 11 is 1.74. The summed E-state index contributed by atoms with van der Waals surface area (Å²) in [5.41, 5.74) is 4.70. The van der Waals surface area contributed by atoms with E-state index < -0.39 is 0 Å². The van der Waals surface area contributed by atoms with Crippen LogP contribution in [0.15, 0.2) is 60.9 Å². The quantitative estimate of drug-likeness (QED) is 0.359. The molecule has 2 heterocycles. The van der Waals surface area contributed by atoms with Crippen LogP contribution in [0, 0.1) is 13.8 Å². The summed E-state index contributed by atoms with van der Waals surface area (Å²) in [7, 11) is 0. The van der Waals surface area contributed by atoms with Crippen LogP contribution in [0.3, 0.4) is 0 Å². The molecule has 0 aliphatic carbocycles. The molecule has 0 saturated carbocycles. The average Bonchev–Trinajstić information content (AvgIpc) is 3.00. The average molecular weight is 340 g/mol. The van der Waals surface area contributed by atoms with Gasteiger partial charge in [0.2, 0.25) is 0 Å². The molecule has 0 radical (unpaired) electrons. The molecule has 3 heteroatoms. The number of hydrogen-bond donors (Lipinski definition) is 0. The maximum Gasteiger partial charge on any atom is 0.128 e. The summed E-state index contributed by atoms with van der Waals surface area (Å²) < 4.78 is 1.26. The Morgan fingerprint density at radius 1 is 0.800 bits per heavy atom. The molecule has 0 bridgehead atoms. The van der Waals surface area contributed by atoms with Gasteiger partial charge in [0.1, 0.15) is 11.2 Å². The summed E-state index contributed by atoms with van der Waals surface area (Å²) in [6.45, 7) is 4.27. The van der Waals surface area contributed by atoms with E-state index >= 15 is 0 Å². The second-order valence-corrected chi connectivity index (χ2v) is 7.57. The summed E-state index contributed by atoms with van der Waals surface area (Å²) in [6.07, 6.45) is 1.69. The molecule has 0 aliphatic rings. The van der Waals surface area contributed by atoms with Gasteiger partial charge in [0.05, 0.1) is 5.69 Å². The number of rotatable bonds is 1. The first-order valence-electron chi connectivity index (χ1n) is 8.34. The number of aryl methyl sites for hydroxylation is 2. The zero-order valence-corrected chi connectivity index (χ0v) is 14.9. The highest BCUT2D eigenvalue weighted by Crippen LogP contribution is 2.41. The molecule has 5 aromatic rings. The fourth-order valence-electron chi connectivity index (χ4n) is 3.70. The van der Waals surface area contributed by atoms with Crippen LogP contribution in [0.4, 0.5) is 0 Å². The van der Waals surface area contributed by atoms with E-state index in [4.69, 9.17) is 0 Å². The van der Waals surface area contributed by atoms with Crippen molar-refractivity contribution in [2.45, 2.75) is 13.8 Å². The van der Waals surface area contributed by atoms with Crippen LogP contribution < -0.4 is 0 Å². The first-order valence-corrected chi connectivity index (χ1v) is 9.16. The Hall–Kier alpha value is -2.78. The van der Waals surface area contributed by atoms with Crippen molar-refractivity contribution < 1.29 is 0 Å². The molecule has 120 valence electrons. The van der Waals surface area contributed by atoms with Crippen LogP contribution in [-0.2, 0) is 0 Å². The Kier molecular flexibility index (Phi) is 3.12. The summed E-state index contributed by atoms with van der Waals surface area (Å²) in [4.78, 5) is 10.3. The van der Waals surface area contributed by atoms with Crippen LogP contribution in [0.1, 0.15) is 11.1 Å². The second kappa shape index (κ2) is 5.36. The third kappa shape index (κ3) is 2.24. The molecule has 0 unspecified atom stereocenters. The van der Waals surface area contributed by atoms with Crippen molar-refractivity contribution in [1.29, 1.82) is 0 Å². The lowest BCUT2D eigenvalue weighted by atomic mass is 9.99.